The fourth-order valence-electron chi connectivity index (χ4n) is 5.20. The van der Waals surface area contributed by atoms with Crippen LogP contribution in [0.15, 0.2) is 193 Å². The highest BCUT2D eigenvalue weighted by Crippen LogP contribution is 2.35. The fraction of sp³-hybridized carbons (Fsp3) is 0.159. The van der Waals surface area contributed by atoms with Gasteiger partial charge in [-0.3, -0.25) is 4.79 Å². The van der Waals surface area contributed by atoms with Gasteiger partial charge >= 0.3 is 5.97 Å². The second kappa shape index (κ2) is 22.7. The van der Waals surface area contributed by atoms with Crippen molar-refractivity contribution >= 4 is 21.9 Å². The lowest BCUT2D eigenvalue weighted by molar-refractivity contribution is -0.143. The van der Waals surface area contributed by atoms with Gasteiger partial charge < -0.3 is 14.9 Å². The molecule has 6 aromatic rings. The van der Waals surface area contributed by atoms with Gasteiger partial charge in [-0.2, -0.15) is 0 Å². The second-order valence-corrected chi connectivity index (χ2v) is 11.8. The van der Waals surface area contributed by atoms with Gasteiger partial charge in [0.2, 0.25) is 0 Å². The first-order valence-electron chi connectivity index (χ1n) is 16.4. The molecular weight excluding hydrogens is 672 g/mol. The van der Waals surface area contributed by atoms with Crippen molar-refractivity contribution in [3.63, 3.8) is 0 Å². The summed E-state index contributed by atoms with van der Waals surface area (Å²) in [6.07, 6.45) is 0.511. The van der Waals surface area contributed by atoms with Crippen molar-refractivity contribution in [1.29, 1.82) is 0 Å². The van der Waals surface area contributed by atoms with Crippen LogP contribution in [0.1, 0.15) is 41.5 Å². The lowest BCUT2D eigenvalue weighted by Gasteiger charge is -2.32. The zero-order valence-electron chi connectivity index (χ0n) is 27.9. The van der Waals surface area contributed by atoms with E-state index < -0.39 is 5.41 Å². The first-order valence-corrected chi connectivity index (χ1v) is 17.1. The summed E-state index contributed by atoms with van der Waals surface area (Å²) < 4.78 is 6.31. The van der Waals surface area contributed by atoms with Crippen LogP contribution in [0.25, 0.3) is 0 Å². The molecule has 2 N–H and O–H groups in total. The van der Waals surface area contributed by atoms with E-state index in [0.29, 0.717) is 13.0 Å². The molecule has 0 fully saturated rings. The van der Waals surface area contributed by atoms with E-state index in [1.54, 1.807) is 0 Å². The maximum absolute atomic E-state index is 12.1. The molecule has 0 saturated heterocycles. The van der Waals surface area contributed by atoms with Crippen molar-refractivity contribution in [1.82, 2.24) is 0 Å². The molecule has 252 valence electrons. The number of hydrogen-bond acceptors (Lipinski definition) is 4. The van der Waals surface area contributed by atoms with Crippen molar-refractivity contribution in [3.05, 3.63) is 215 Å². The number of ether oxygens (including phenoxy) is 1. The predicted octanol–water partition coefficient (Wildman–Crippen LogP) is 9.86. The third-order valence-corrected chi connectivity index (χ3v) is 8.18. The van der Waals surface area contributed by atoms with E-state index in [-0.39, 0.29) is 25.1 Å². The minimum atomic E-state index is -0.517. The molecule has 0 aliphatic rings. The number of carbonyl (C=O) groups excluding carboxylic acids is 1. The summed E-state index contributed by atoms with van der Waals surface area (Å²) in [6.45, 7) is 2.26. The maximum atomic E-state index is 12.1. The average Bonchev–Trinajstić information content (AvgIpc) is 3.17. The minimum Gasteiger partial charge on any atom is -0.465 e. The number of rotatable bonds is 9. The summed E-state index contributed by atoms with van der Waals surface area (Å²) in [5, 5.41) is 19.2. The first-order chi connectivity index (χ1) is 24.1. The van der Waals surface area contributed by atoms with Gasteiger partial charge in [0.05, 0.1) is 13.2 Å². The summed E-state index contributed by atoms with van der Waals surface area (Å²) in [7, 11) is 0. The van der Waals surface area contributed by atoms with Crippen molar-refractivity contribution in [2.75, 3.05) is 19.8 Å². The summed E-state index contributed by atoms with van der Waals surface area (Å²) in [4.78, 5) is 12.1. The first kappa shape index (κ1) is 38.6. The van der Waals surface area contributed by atoms with E-state index in [0.717, 1.165) is 26.7 Å². The molecule has 0 aliphatic heterocycles. The Labute approximate surface area is 299 Å². The fourth-order valence-corrected chi connectivity index (χ4v) is 5.51. The molecule has 49 heavy (non-hydrogen) atoms. The molecule has 0 bridgehead atoms. The van der Waals surface area contributed by atoms with Crippen LogP contribution in [-0.4, -0.2) is 36.0 Å². The van der Waals surface area contributed by atoms with Crippen molar-refractivity contribution in [2.45, 2.75) is 24.7 Å². The van der Waals surface area contributed by atoms with Gasteiger partial charge in [0, 0.05) is 16.5 Å². The molecule has 4 nitrogen and oxygen atoms in total. The normalized spacial score (nSPS) is 10.2. The number of carbonyl (C=O) groups is 1. The molecule has 0 atom stereocenters. The molecule has 0 radical (unpaired) electrons. The number of aliphatic hydroxyl groups is 2. The van der Waals surface area contributed by atoms with Gasteiger partial charge in [-0.25, -0.2) is 0 Å². The molecular formula is C44H45BrO4. The molecule has 0 saturated carbocycles. The van der Waals surface area contributed by atoms with Crippen LogP contribution in [0.4, 0.5) is 0 Å². The van der Waals surface area contributed by atoms with Crippen LogP contribution in [0, 0.1) is 0 Å². The molecule has 0 amide bonds. The van der Waals surface area contributed by atoms with Crippen LogP contribution in [0.5, 0.6) is 0 Å². The van der Waals surface area contributed by atoms with Gasteiger partial charge in [0.1, 0.15) is 5.92 Å². The van der Waals surface area contributed by atoms with E-state index in [4.69, 9.17) is 4.74 Å². The molecule has 0 heterocycles. The highest BCUT2D eigenvalue weighted by molar-refractivity contribution is 9.10. The number of hydrogen-bond donors (Lipinski definition) is 2. The van der Waals surface area contributed by atoms with Crippen LogP contribution in [0.2, 0.25) is 0 Å². The molecule has 0 aromatic heterocycles. The van der Waals surface area contributed by atoms with E-state index in [1.807, 2.05) is 195 Å². The zero-order valence-corrected chi connectivity index (χ0v) is 29.5. The van der Waals surface area contributed by atoms with Gasteiger partial charge in [0.25, 0.3) is 0 Å². The molecule has 6 rings (SSSR count). The van der Waals surface area contributed by atoms with Crippen molar-refractivity contribution in [3.8, 4) is 0 Å². The highest BCUT2D eigenvalue weighted by atomic mass is 79.9. The third kappa shape index (κ3) is 13.0. The van der Waals surface area contributed by atoms with Crippen LogP contribution in [0.3, 0.4) is 0 Å². The van der Waals surface area contributed by atoms with Crippen LogP contribution in [-0.2, 0) is 14.9 Å². The molecule has 0 spiro atoms. The van der Waals surface area contributed by atoms with Gasteiger partial charge in [0.15, 0.2) is 0 Å². The lowest BCUT2D eigenvalue weighted by Crippen LogP contribution is -2.33. The Hall–Kier alpha value is -4.81. The topological polar surface area (TPSA) is 66.8 Å². The molecule has 5 heteroatoms. The molecule has 0 unspecified atom stereocenters. The smallest absolute Gasteiger partial charge is 0.317 e. The standard InChI is InChI=1S/C16H18O2.C16H16O2.C6H5Br.C6H6/c17-12-11-16(13-18,14-7-3-1-4-8-14)15-9-5-2-6-10-15;1-2-18-16(17)15(13-9-5-3-6-10-13)14-11-7-4-8-12-14;7-6-4-2-1-3-5-6;1-2-4-6-5-3-1/h1-10,17-18H,11-13H2;3-12,15H,2H2,1H3;1-5H;1-6H. The van der Waals surface area contributed by atoms with Crippen molar-refractivity contribution < 1.29 is 19.7 Å². The van der Waals surface area contributed by atoms with Gasteiger partial charge in [-0.15, -0.1) is 0 Å². The lowest BCUT2D eigenvalue weighted by atomic mass is 9.73. The number of benzene rings is 6. The Kier molecular flexibility index (Phi) is 17.9. The maximum Gasteiger partial charge on any atom is 0.317 e. The Morgan fingerprint density at radius 3 is 1.18 bits per heavy atom. The summed E-state index contributed by atoms with van der Waals surface area (Å²) >= 11 is 3.31. The van der Waals surface area contributed by atoms with Gasteiger partial charge in [-0.05, 0) is 47.7 Å². The van der Waals surface area contributed by atoms with Crippen LogP contribution < -0.4 is 0 Å². The molecule has 6 aromatic carbocycles. The zero-order chi connectivity index (χ0) is 35.0. The van der Waals surface area contributed by atoms with Crippen LogP contribution >= 0.6 is 15.9 Å². The minimum absolute atomic E-state index is 0.0123. The Morgan fingerprint density at radius 2 is 0.898 bits per heavy atom. The van der Waals surface area contributed by atoms with E-state index in [1.165, 1.54) is 0 Å². The van der Waals surface area contributed by atoms with E-state index >= 15 is 0 Å². The monoisotopic (exact) mass is 716 g/mol. The Morgan fingerprint density at radius 1 is 0.571 bits per heavy atom. The summed E-state index contributed by atoms with van der Waals surface area (Å²) in [5.41, 5.74) is 3.47. The SMILES string of the molecule is Brc1ccccc1.CCOC(=O)C(c1ccccc1)c1ccccc1.OCCC(CO)(c1ccccc1)c1ccccc1.c1ccccc1. The third-order valence-electron chi connectivity index (χ3n) is 7.65. The van der Waals surface area contributed by atoms with E-state index in [2.05, 4.69) is 15.9 Å². The Bertz CT molecular complexity index is 1560. The number of esters is 1. The largest absolute Gasteiger partial charge is 0.465 e. The number of aliphatic hydroxyl groups excluding tert-OH is 2. The summed E-state index contributed by atoms with van der Waals surface area (Å²) in [5.74, 6) is -0.540. The van der Waals surface area contributed by atoms with Crippen molar-refractivity contribution in [2.24, 2.45) is 0 Å². The Balaban J connectivity index is 0.000000195. The predicted molar refractivity (Wildman–Crippen MR) is 204 cm³/mol. The van der Waals surface area contributed by atoms with E-state index in [9.17, 15) is 15.0 Å². The quantitative estimate of drug-likeness (QED) is 0.146. The summed E-state index contributed by atoms with van der Waals surface area (Å²) in [6, 6.07) is 61.1. The molecule has 0 aliphatic carbocycles. The second-order valence-electron chi connectivity index (χ2n) is 10.9. The highest BCUT2D eigenvalue weighted by Gasteiger charge is 2.32. The average molecular weight is 718 g/mol. The van der Waals surface area contributed by atoms with Gasteiger partial charge in [-0.1, -0.05) is 192 Å². The number of halogens is 1.